The highest BCUT2D eigenvalue weighted by atomic mass is 15.1. The summed E-state index contributed by atoms with van der Waals surface area (Å²) in [5.74, 6) is 0. The number of rotatable bonds is 0. The highest BCUT2D eigenvalue weighted by Crippen LogP contribution is 2.41. The summed E-state index contributed by atoms with van der Waals surface area (Å²) in [5, 5.41) is 2.33. The standard InChI is InChI=1S/C27H36B3N/c1-13-16-17-22(30)19(26(7,8)9)21(29)15(3)24(17)31(27(10,11)12)23(16)14(2)20(28)18(13)25(4,5)6/h1-12H3. The molecule has 0 aliphatic rings. The maximum atomic E-state index is 6.99. The Morgan fingerprint density at radius 1 is 0.516 bits per heavy atom. The molecule has 3 aromatic rings. The van der Waals surface area contributed by atoms with E-state index in [-0.39, 0.29) is 16.4 Å². The van der Waals surface area contributed by atoms with Gasteiger partial charge in [0, 0.05) is 16.3 Å². The third-order valence-electron chi connectivity index (χ3n) is 6.69. The fraction of sp³-hybridized carbons (Fsp3) is 0.556. The maximum Gasteiger partial charge on any atom is 0.115 e. The first-order valence-electron chi connectivity index (χ1n) is 11.3. The van der Waals surface area contributed by atoms with Crippen LogP contribution in [-0.2, 0) is 16.4 Å². The Balaban J connectivity index is 2.87. The van der Waals surface area contributed by atoms with E-state index in [0.29, 0.717) is 0 Å². The van der Waals surface area contributed by atoms with Crippen molar-refractivity contribution in [1.82, 2.24) is 4.57 Å². The van der Waals surface area contributed by atoms with Gasteiger partial charge in [0.15, 0.2) is 0 Å². The Labute approximate surface area is 193 Å². The molecule has 0 unspecified atom stereocenters. The van der Waals surface area contributed by atoms with Crippen LogP contribution in [0, 0.1) is 20.8 Å². The van der Waals surface area contributed by atoms with Crippen molar-refractivity contribution in [2.75, 3.05) is 0 Å². The van der Waals surface area contributed by atoms with Crippen LogP contribution in [0.15, 0.2) is 0 Å². The number of hydrogen-bond acceptors (Lipinski definition) is 0. The molecule has 0 aliphatic heterocycles. The van der Waals surface area contributed by atoms with Crippen LogP contribution in [-0.4, -0.2) is 28.1 Å². The van der Waals surface area contributed by atoms with Gasteiger partial charge in [0.05, 0.1) is 11.0 Å². The van der Waals surface area contributed by atoms with Gasteiger partial charge in [0.25, 0.3) is 0 Å². The molecular formula is C27H36B3N. The average molecular weight is 407 g/mol. The van der Waals surface area contributed by atoms with Crippen molar-refractivity contribution in [2.24, 2.45) is 0 Å². The number of aryl methyl sites for hydroxylation is 3. The van der Waals surface area contributed by atoms with Gasteiger partial charge in [0.1, 0.15) is 23.5 Å². The minimum atomic E-state index is -0.167. The van der Waals surface area contributed by atoms with Crippen LogP contribution in [0.3, 0.4) is 0 Å². The van der Waals surface area contributed by atoms with Crippen molar-refractivity contribution in [2.45, 2.75) is 99.5 Å². The zero-order chi connectivity index (χ0) is 24.0. The molecule has 0 saturated carbocycles. The Hall–Kier alpha value is -1.57. The fourth-order valence-electron chi connectivity index (χ4n) is 5.58. The minimum Gasteiger partial charge on any atom is -0.335 e. The van der Waals surface area contributed by atoms with Gasteiger partial charge in [-0.3, -0.25) is 0 Å². The van der Waals surface area contributed by atoms with Crippen LogP contribution in [0.4, 0.5) is 0 Å². The van der Waals surface area contributed by atoms with E-state index in [4.69, 9.17) is 23.5 Å². The van der Waals surface area contributed by atoms with E-state index in [2.05, 4.69) is 87.7 Å². The van der Waals surface area contributed by atoms with Gasteiger partial charge in [0.2, 0.25) is 0 Å². The van der Waals surface area contributed by atoms with E-state index in [0.717, 1.165) is 44.0 Å². The molecule has 0 bridgehead atoms. The lowest BCUT2D eigenvalue weighted by Crippen LogP contribution is -2.35. The number of hydrogen-bond donors (Lipinski definition) is 0. The second-order valence-electron chi connectivity index (χ2n) is 12.3. The first-order chi connectivity index (χ1) is 13.8. The molecule has 4 heteroatoms. The van der Waals surface area contributed by atoms with Crippen LogP contribution in [0.5, 0.6) is 0 Å². The van der Waals surface area contributed by atoms with Crippen LogP contribution < -0.4 is 16.4 Å². The largest absolute Gasteiger partial charge is 0.335 e. The third-order valence-corrected chi connectivity index (χ3v) is 6.69. The fourth-order valence-corrected chi connectivity index (χ4v) is 5.58. The molecule has 1 aromatic heterocycles. The lowest BCUT2D eigenvalue weighted by atomic mass is 9.67. The van der Waals surface area contributed by atoms with Crippen molar-refractivity contribution in [1.29, 1.82) is 0 Å². The molecule has 0 atom stereocenters. The summed E-state index contributed by atoms with van der Waals surface area (Å²) in [4.78, 5) is 0. The minimum absolute atomic E-state index is 0.0757. The van der Waals surface area contributed by atoms with Crippen molar-refractivity contribution in [3.63, 3.8) is 0 Å². The number of aromatic nitrogens is 1. The summed E-state index contributed by atoms with van der Waals surface area (Å²) in [5.41, 5.74) is 10.0. The SMILES string of the molecule is [B]c1c(C(C)(C)C)c([B])c2c3c(C)c(C(C)(C)C)c([B])c(C)c3n(C(C)(C)C)c2c1C. The highest BCUT2D eigenvalue weighted by molar-refractivity contribution is 6.48. The molecule has 6 radical (unpaired) electrons. The molecular weight excluding hydrogens is 371 g/mol. The zero-order valence-electron chi connectivity index (χ0n) is 21.7. The molecule has 0 fully saturated rings. The molecule has 1 heterocycles. The molecule has 158 valence electrons. The topological polar surface area (TPSA) is 4.93 Å². The smallest absolute Gasteiger partial charge is 0.115 e. The zero-order valence-corrected chi connectivity index (χ0v) is 21.7. The lowest BCUT2D eigenvalue weighted by molar-refractivity contribution is 0.422. The first kappa shape index (κ1) is 24.1. The van der Waals surface area contributed by atoms with E-state index >= 15 is 0 Å². The second kappa shape index (κ2) is 6.96. The molecule has 3 rings (SSSR count). The first-order valence-corrected chi connectivity index (χ1v) is 11.3. The summed E-state index contributed by atoms with van der Waals surface area (Å²) in [6, 6.07) is 0. The highest BCUT2D eigenvalue weighted by Gasteiger charge is 2.32. The molecule has 0 aliphatic carbocycles. The van der Waals surface area contributed by atoms with E-state index in [9.17, 15) is 0 Å². The Morgan fingerprint density at radius 2 is 0.903 bits per heavy atom. The predicted octanol–water partition coefficient (Wildman–Crippen LogP) is 4.45. The maximum absolute atomic E-state index is 6.99. The van der Waals surface area contributed by atoms with Gasteiger partial charge in [-0.15, -0.1) is 0 Å². The van der Waals surface area contributed by atoms with Crippen LogP contribution in [0.1, 0.15) is 90.1 Å². The number of fused-ring (bicyclic) bond motifs is 3. The monoisotopic (exact) mass is 407 g/mol. The van der Waals surface area contributed by atoms with Gasteiger partial charge < -0.3 is 4.57 Å². The van der Waals surface area contributed by atoms with Gasteiger partial charge in [-0.25, -0.2) is 0 Å². The van der Waals surface area contributed by atoms with Crippen LogP contribution in [0.2, 0.25) is 0 Å². The molecule has 0 amide bonds. The Kier molecular flexibility index (Phi) is 5.41. The molecule has 0 N–H and O–H groups in total. The van der Waals surface area contributed by atoms with Crippen LogP contribution in [0.25, 0.3) is 21.8 Å². The summed E-state index contributed by atoms with van der Waals surface area (Å²) in [6.07, 6.45) is 0. The molecule has 1 nitrogen and oxygen atoms in total. The van der Waals surface area contributed by atoms with Gasteiger partial charge in [-0.05, 0) is 74.6 Å². The Bertz CT molecular complexity index is 1130. The third kappa shape index (κ3) is 3.40. The normalized spacial score (nSPS) is 13.5. The quantitative estimate of drug-likeness (QED) is 0.486. The van der Waals surface area contributed by atoms with Gasteiger partial charge >= 0.3 is 0 Å². The summed E-state index contributed by atoms with van der Waals surface area (Å²) in [6.45, 7) is 26.4. The van der Waals surface area contributed by atoms with Gasteiger partial charge in [-0.1, -0.05) is 63.5 Å². The van der Waals surface area contributed by atoms with E-state index in [1.807, 2.05) is 0 Å². The van der Waals surface area contributed by atoms with Crippen molar-refractivity contribution in [3.05, 3.63) is 27.8 Å². The second-order valence-corrected chi connectivity index (χ2v) is 12.3. The van der Waals surface area contributed by atoms with Crippen LogP contribution >= 0.6 is 0 Å². The summed E-state index contributed by atoms with van der Waals surface area (Å²) >= 11 is 0. The average Bonchev–Trinajstić information content (AvgIpc) is 2.92. The van der Waals surface area contributed by atoms with E-state index in [1.165, 1.54) is 22.0 Å². The summed E-state index contributed by atoms with van der Waals surface area (Å²) in [7, 11) is 20.6. The predicted molar refractivity (Wildman–Crippen MR) is 142 cm³/mol. The van der Waals surface area contributed by atoms with E-state index in [1.54, 1.807) is 0 Å². The van der Waals surface area contributed by atoms with Crippen molar-refractivity contribution in [3.8, 4) is 0 Å². The Morgan fingerprint density at radius 3 is 1.29 bits per heavy atom. The van der Waals surface area contributed by atoms with E-state index < -0.39 is 0 Å². The number of nitrogens with zero attached hydrogens (tertiary/aromatic N) is 1. The molecule has 0 spiro atoms. The summed E-state index contributed by atoms with van der Waals surface area (Å²) < 4.78 is 2.41. The number of benzene rings is 2. The van der Waals surface area contributed by atoms with Crippen molar-refractivity contribution >= 4 is 61.7 Å². The molecule has 31 heavy (non-hydrogen) atoms. The van der Waals surface area contributed by atoms with Gasteiger partial charge in [-0.2, -0.15) is 0 Å². The molecule has 0 saturated heterocycles. The molecule has 2 aromatic carbocycles. The lowest BCUT2D eigenvalue weighted by Gasteiger charge is -2.30. The van der Waals surface area contributed by atoms with Crippen molar-refractivity contribution < 1.29 is 0 Å².